The fourth-order valence-electron chi connectivity index (χ4n) is 2.69. The first-order valence-electron chi connectivity index (χ1n) is 7.41. The first-order chi connectivity index (χ1) is 10.9. The average molecular weight is 315 g/mol. The van der Waals surface area contributed by atoms with E-state index in [1.165, 1.54) is 0 Å². The molecule has 2 aromatic rings. The van der Waals surface area contributed by atoms with Gasteiger partial charge in [0.25, 0.3) is 11.5 Å². The van der Waals surface area contributed by atoms with Crippen molar-refractivity contribution >= 4 is 28.4 Å². The van der Waals surface area contributed by atoms with E-state index in [-0.39, 0.29) is 30.1 Å². The van der Waals surface area contributed by atoms with Crippen LogP contribution in [-0.4, -0.2) is 26.8 Å². The topological polar surface area (TPSA) is 120 Å². The maximum Gasteiger partial charge on any atom is 0.280 e. The Labute approximate surface area is 131 Å². The molecule has 2 heterocycles. The molecule has 8 nitrogen and oxygen atoms in total. The van der Waals surface area contributed by atoms with Crippen molar-refractivity contribution < 1.29 is 9.59 Å². The molecule has 3 N–H and O–H groups in total. The standard InChI is InChI=1S/C15H17N5O3/c1-7(2)8-5-9(16)13-10(6-8)18-19-20(15(13)23)11-3-4-12(21)17-14(11)22/h5-7,11H,3-4,16H2,1-2H3,(H,17,21,22). The molecule has 1 aromatic heterocycles. The lowest BCUT2D eigenvalue weighted by atomic mass is 10.0. The molecular formula is C15H17N5O3. The van der Waals surface area contributed by atoms with Crippen molar-refractivity contribution in [3.05, 3.63) is 28.0 Å². The van der Waals surface area contributed by atoms with Gasteiger partial charge in [-0.2, -0.15) is 4.68 Å². The summed E-state index contributed by atoms with van der Waals surface area (Å²) in [5.41, 5.74) is 7.22. The van der Waals surface area contributed by atoms with E-state index in [2.05, 4.69) is 15.6 Å². The number of hydrogen-bond donors (Lipinski definition) is 2. The summed E-state index contributed by atoms with van der Waals surface area (Å²) in [6.07, 6.45) is 0.374. The Morgan fingerprint density at radius 1 is 1.30 bits per heavy atom. The summed E-state index contributed by atoms with van der Waals surface area (Å²) in [7, 11) is 0. The van der Waals surface area contributed by atoms with Gasteiger partial charge < -0.3 is 5.73 Å². The largest absolute Gasteiger partial charge is 0.398 e. The van der Waals surface area contributed by atoms with Crippen LogP contribution in [0.3, 0.4) is 0 Å². The van der Waals surface area contributed by atoms with Gasteiger partial charge in [0.15, 0.2) is 0 Å². The van der Waals surface area contributed by atoms with Crippen LogP contribution in [0.15, 0.2) is 16.9 Å². The highest BCUT2D eigenvalue weighted by atomic mass is 16.2. The molecule has 120 valence electrons. The van der Waals surface area contributed by atoms with Gasteiger partial charge in [-0.3, -0.25) is 19.7 Å². The van der Waals surface area contributed by atoms with Gasteiger partial charge in [-0.1, -0.05) is 19.1 Å². The first kappa shape index (κ1) is 15.1. The van der Waals surface area contributed by atoms with Crippen LogP contribution in [0.2, 0.25) is 0 Å². The number of benzene rings is 1. The van der Waals surface area contributed by atoms with Gasteiger partial charge in [-0.25, -0.2) is 0 Å². The molecule has 0 radical (unpaired) electrons. The Morgan fingerprint density at radius 2 is 2.04 bits per heavy atom. The molecule has 0 saturated carbocycles. The third-order valence-corrected chi connectivity index (χ3v) is 4.01. The van der Waals surface area contributed by atoms with Crippen molar-refractivity contribution in [1.29, 1.82) is 0 Å². The lowest BCUT2D eigenvalue weighted by Crippen LogP contribution is -2.45. The second kappa shape index (κ2) is 5.45. The van der Waals surface area contributed by atoms with Crippen molar-refractivity contribution in [1.82, 2.24) is 20.3 Å². The highest BCUT2D eigenvalue weighted by Crippen LogP contribution is 2.24. The van der Waals surface area contributed by atoms with Gasteiger partial charge in [0, 0.05) is 12.1 Å². The van der Waals surface area contributed by atoms with Crippen molar-refractivity contribution in [2.24, 2.45) is 0 Å². The third kappa shape index (κ3) is 2.56. The van der Waals surface area contributed by atoms with E-state index in [0.717, 1.165) is 10.2 Å². The number of anilines is 1. The van der Waals surface area contributed by atoms with Crippen LogP contribution in [0.25, 0.3) is 10.9 Å². The van der Waals surface area contributed by atoms with Crippen LogP contribution >= 0.6 is 0 Å². The van der Waals surface area contributed by atoms with Crippen LogP contribution in [0.5, 0.6) is 0 Å². The third-order valence-electron chi connectivity index (χ3n) is 4.01. The van der Waals surface area contributed by atoms with Crippen molar-refractivity contribution in [3.8, 4) is 0 Å². The van der Waals surface area contributed by atoms with E-state index < -0.39 is 17.5 Å². The quantitative estimate of drug-likeness (QED) is 0.614. The number of fused-ring (bicyclic) bond motifs is 1. The fraction of sp³-hybridized carbons (Fsp3) is 0.400. The van der Waals surface area contributed by atoms with E-state index in [1.807, 2.05) is 13.8 Å². The second-order valence-electron chi connectivity index (χ2n) is 5.97. The maximum atomic E-state index is 12.7. The van der Waals surface area contributed by atoms with Crippen LogP contribution in [0.1, 0.15) is 44.2 Å². The van der Waals surface area contributed by atoms with Gasteiger partial charge in [0.2, 0.25) is 5.91 Å². The van der Waals surface area contributed by atoms with Crippen LogP contribution in [0.4, 0.5) is 5.69 Å². The summed E-state index contributed by atoms with van der Waals surface area (Å²) in [6.45, 7) is 4.03. The molecule has 23 heavy (non-hydrogen) atoms. The van der Waals surface area contributed by atoms with Crippen LogP contribution < -0.4 is 16.6 Å². The molecule has 1 aliphatic heterocycles. The lowest BCUT2D eigenvalue weighted by molar-refractivity contribution is -0.136. The Balaban J connectivity index is 2.14. The number of amides is 2. The molecule has 0 bridgehead atoms. The number of hydrogen-bond acceptors (Lipinski definition) is 6. The number of nitrogens with two attached hydrogens (primary N) is 1. The Hall–Kier alpha value is -2.77. The highest BCUT2D eigenvalue weighted by molar-refractivity contribution is 5.99. The summed E-state index contributed by atoms with van der Waals surface area (Å²) in [6, 6.07) is 2.67. The van der Waals surface area contributed by atoms with Gasteiger partial charge in [-0.05, 0) is 30.0 Å². The second-order valence-corrected chi connectivity index (χ2v) is 5.97. The number of nitrogens with one attached hydrogen (secondary N) is 1. The average Bonchev–Trinajstić information content (AvgIpc) is 2.48. The zero-order chi connectivity index (χ0) is 16.7. The lowest BCUT2D eigenvalue weighted by Gasteiger charge is -2.21. The number of aromatic nitrogens is 3. The minimum absolute atomic E-state index is 0.157. The summed E-state index contributed by atoms with van der Waals surface area (Å²) in [5, 5.41) is 10.4. The number of nitrogens with zero attached hydrogens (tertiary/aromatic N) is 3. The van der Waals surface area contributed by atoms with E-state index in [9.17, 15) is 14.4 Å². The maximum absolute atomic E-state index is 12.7. The summed E-state index contributed by atoms with van der Waals surface area (Å²) < 4.78 is 1.01. The first-order valence-corrected chi connectivity index (χ1v) is 7.41. The predicted octanol–water partition coefficient (Wildman–Crippen LogP) is 0.475. The molecule has 0 aliphatic carbocycles. The summed E-state index contributed by atoms with van der Waals surface area (Å²) >= 11 is 0. The minimum atomic E-state index is -0.846. The number of piperidine rings is 1. The van der Waals surface area contributed by atoms with Gasteiger partial charge >= 0.3 is 0 Å². The van der Waals surface area contributed by atoms with Gasteiger partial charge in [0.1, 0.15) is 11.6 Å². The molecule has 2 amide bonds. The molecule has 1 saturated heterocycles. The normalized spacial score (nSPS) is 18.5. The van der Waals surface area contributed by atoms with Crippen molar-refractivity contribution in [3.63, 3.8) is 0 Å². The minimum Gasteiger partial charge on any atom is -0.398 e. The van der Waals surface area contributed by atoms with E-state index in [4.69, 9.17) is 5.73 Å². The zero-order valence-electron chi connectivity index (χ0n) is 12.9. The van der Waals surface area contributed by atoms with E-state index >= 15 is 0 Å². The van der Waals surface area contributed by atoms with Crippen molar-refractivity contribution in [2.45, 2.75) is 38.6 Å². The predicted molar refractivity (Wildman–Crippen MR) is 83.7 cm³/mol. The molecule has 8 heteroatoms. The smallest absolute Gasteiger partial charge is 0.280 e. The van der Waals surface area contributed by atoms with Crippen LogP contribution in [0, 0.1) is 0 Å². The zero-order valence-corrected chi connectivity index (χ0v) is 12.9. The number of nitrogen functional groups attached to an aromatic ring is 1. The van der Waals surface area contributed by atoms with Gasteiger partial charge in [-0.15, -0.1) is 5.10 Å². The summed E-state index contributed by atoms with van der Waals surface area (Å²) in [5.74, 6) is -0.662. The molecule has 1 aliphatic rings. The van der Waals surface area contributed by atoms with Gasteiger partial charge in [0.05, 0.1) is 5.39 Å². The number of rotatable bonds is 2. The van der Waals surface area contributed by atoms with E-state index in [0.29, 0.717) is 11.2 Å². The van der Waals surface area contributed by atoms with Crippen LogP contribution in [-0.2, 0) is 9.59 Å². The molecule has 0 spiro atoms. The molecule has 1 atom stereocenters. The Kier molecular flexibility index (Phi) is 3.59. The Bertz CT molecular complexity index is 871. The molecule has 1 unspecified atom stereocenters. The molecule has 1 aromatic carbocycles. The Morgan fingerprint density at radius 3 is 2.70 bits per heavy atom. The number of carbonyl (C=O) groups is 2. The SMILES string of the molecule is CC(C)c1cc(N)c2c(=O)n(C3CCC(=O)NC3=O)nnc2c1. The monoisotopic (exact) mass is 315 g/mol. The molecule has 3 rings (SSSR count). The fourth-order valence-corrected chi connectivity index (χ4v) is 2.69. The molecule has 1 fully saturated rings. The van der Waals surface area contributed by atoms with Crippen molar-refractivity contribution in [2.75, 3.05) is 5.73 Å². The number of imide groups is 1. The summed E-state index contributed by atoms with van der Waals surface area (Å²) in [4.78, 5) is 35.8. The number of carbonyl (C=O) groups excluding carboxylic acids is 2. The molecular weight excluding hydrogens is 298 g/mol. The van der Waals surface area contributed by atoms with E-state index in [1.54, 1.807) is 12.1 Å². The highest BCUT2D eigenvalue weighted by Gasteiger charge is 2.30.